The number of urea groups is 1. The molecular weight excluding hydrogens is 244 g/mol. The predicted octanol–water partition coefficient (Wildman–Crippen LogP) is -0.395. The molecule has 0 saturated carbocycles. The highest BCUT2D eigenvalue weighted by molar-refractivity contribution is 7.91. The van der Waals surface area contributed by atoms with Crippen molar-refractivity contribution in [1.82, 2.24) is 10.2 Å². The van der Waals surface area contributed by atoms with Gasteiger partial charge in [-0.1, -0.05) is 0 Å². The topological polar surface area (TPSA) is 75.7 Å². The maximum absolute atomic E-state index is 11.9. The highest BCUT2D eigenvalue weighted by atomic mass is 32.2. The summed E-state index contributed by atoms with van der Waals surface area (Å²) in [4.78, 5) is 13.6. The van der Waals surface area contributed by atoms with Crippen molar-refractivity contribution in [2.45, 2.75) is 18.9 Å². The summed E-state index contributed by atoms with van der Waals surface area (Å²) in [6, 6.07) is -0.187. The van der Waals surface area contributed by atoms with Crippen molar-refractivity contribution in [1.29, 1.82) is 0 Å². The van der Waals surface area contributed by atoms with Gasteiger partial charge in [-0.2, -0.15) is 0 Å². The number of nitrogens with zero attached hydrogens (tertiary/aromatic N) is 1. The highest BCUT2D eigenvalue weighted by Gasteiger charge is 2.40. The molecule has 0 bridgehead atoms. The molecule has 1 N–H and O–H groups in total. The lowest BCUT2D eigenvalue weighted by Crippen LogP contribution is -2.54. The van der Waals surface area contributed by atoms with Crippen molar-refractivity contribution in [2.75, 3.05) is 37.8 Å². The average Bonchev–Trinajstić information content (AvgIpc) is 2.54. The van der Waals surface area contributed by atoms with Gasteiger partial charge < -0.3 is 15.0 Å². The minimum Gasteiger partial charge on any atom is -0.378 e. The predicted molar refractivity (Wildman–Crippen MR) is 62.6 cm³/mol. The fourth-order valence-electron chi connectivity index (χ4n) is 2.21. The zero-order chi connectivity index (χ0) is 12.5. The van der Waals surface area contributed by atoms with Crippen molar-refractivity contribution >= 4 is 15.9 Å². The summed E-state index contributed by atoms with van der Waals surface area (Å²) in [5.74, 6) is 0.197. The molecule has 0 aromatic heterocycles. The molecule has 7 heteroatoms. The molecule has 2 heterocycles. The molecule has 2 aliphatic heterocycles. The van der Waals surface area contributed by atoms with Crippen LogP contribution in [0.4, 0.5) is 4.79 Å². The van der Waals surface area contributed by atoms with E-state index in [9.17, 15) is 13.2 Å². The molecule has 2 amide bonds. The molecule has 0 aliphatic carbocycles. The number of hydrogen-bond acceptors (Lipinski definition) is 4. The zero-order valence-corrected chi connectivity index (χ0v) is 10.8. The lowest BCUT2D eigenvalue weighted by molar-refractivity contribution is 0.0515. The smallest absolute Gasteiger partial charge is 0.318 e. The van der Waals surface area contributed by atoms with E-state index in [2.05, 4.69) is 5.32 Å². The summed E-state index contributed by atoms with van der Waals surface area (Å²) in [5, 5.41) is 2.83. The Morgan fingerprint density at radius 1 is 1.35 bits per heavy atom. The van der Waals surface area contributed by atoms with Gasteiger partial charge in [0.1, 0.15) is 0 Å². The molecule has 6 nitrogen and oxygen atoms in total. The summed E-state index contributed by atoms with van der Waals surface area (Å²) >= 11 is 0. The van der Waals surface area contributed by atoms with Crippen LogP contribution in [-0.2, 0) is 14.6 Å². The first kappa shape index (κ1) is 12.6. The minimum atomic E-state index is -2.99. The Morgan fingerprint density at radius 2 is 2.00 bits per heavy atom. The fraction of sp³-hybridized carbons (Fsp3) is 0.900. The number of sulfone groups is 1. The first-order valence-corrected chi connectivity index (χ1v) is 7.58. The maximum Gasteiger partial charge on any atom is 0.318 e. The lowest BCUT2D eigenvalue weighted by Gasteiger charge is -2.31. The maximum atomic E-state index is 11.9. The van der Waals surface area contributed by atoms with E-state index in [4.69, 9.17) is 4.74 Å². The molecule has 2 rings (SSSR count). The van der Waals surface area contributed by atoms with Crippen molar-refractivity contribution in [3.63, 3.8) is 0 Å². The number of hydrogen-bond donors (Lipinski definition) is 1. The van der Waals surface area contributed by atoms with Crippen LogP contribution in [0.25, 0.3) is 0 Å². The normalized spacial score (nSPS) is 32.4. The lowest BCUT2D eigenvalue weighted by atomic mass is 10.0. The van der Waals surface area contributed by atoms with Gasteiger partial charge in [-0.15, -0.1) is 0 Å². The number of ether oxygens (including phenoxy) is 1. The first-order valence-electron chi connectivity index (χ1n) is 5.76. The number of carbonyl (C=O) groups is 1. The van der Waals surface area contributed by atoms with Gasteiger partial charge in [0.25, 0.3) is 0 Å². The minimum absolute atomic E-state index is 0.0378. The molecule has 17 heavy (non-hydrogen) atoms. The van der Waals surface area contributed by atoms with E-state index in [-0.39, 0.29) is 17.5 Å². The quantitative estimate of drug-likeness (QED) is 0.698. The Bertz CT molecular complexity index is 403. The van der Waals surface area contributed by atoms with Crippen LogP contribution in [0.5, 0.6) is 0 Å². The number of carbonyl (C=O) groups excluding carboxylic acids is 1. The second-order valence-electron chi connectivity index (χ2n) is 4.93. The van der Waals surface area contributed by atoms with E-state index in [0.717, 1.165) is 0 Å². The summed E-state index contributed by atoms with van der Waals surface area (Å²) in [6.07, 6.45) is 0.491. The van der Waals surface area contributed by atoms with Gasteiger partial charge in [-0.3, -0.25) is 0 Å². The average molecular weight is 262 g/mol. The number of rotatable bonds is 1. The van der Waals surface area contributed by atoms with Crippen molar-refractivity contribution in [3.05, 3.63) is 0 Å². The third-order valence-electron chi connectivity index (χ3n) is 3.21. The van der Waals surface area contributed by atoms with Gasteiger partial charge in [-0.25, -0.2) is 13.2 Å². The molecule has 1 atom stereocenters. The first-order chi connectivity index (χ1) is 7.90. The summed E-state index contributed by atoms with van der Waals surface area (Å²) in [5.41, 5.74) is -0.617. The zero-order valence-electron chi connectivity index (χ0n) is 9.94. The Balaban J connectivity index is 1.94. The largest absolute Gasteiger partial charge is 0.378 e. The molecule has 0 aromatic rings. The van der Waals surface area contributed by atoms with Crippen LogP contribution in [0.2, 0.25) is 0 Å². The Hall–Kier alpha value is -0.820. The SMILES string of the molecule is C[C@]1(NC(=O)N2CCOCC2)CCS(=O)(=O)C1. The van der Waals surface area contributed by atoms with Crippen LogP contribution in [0.15, 0.2) is 0 Å². The van der Waals surface area contributed by atoms with Crippen molar-refractivity contribution in [2.24, 2.45) is 0 Å². The van der Waals surface area contributed by atoms with E-state index in [1.807, 2.05) is 0 Å². The second-order valence-corrected chi connectivity index (χ2v) is 7.12. The van der Waals surface area contributed by atoms with Crippen LogP contribution in [0.3, 0.4) is 0 Å². The molecule has 2 fully saturated rings. The third kappa shape index (κ3) is 3.10. The van der Waals surface area contributed by atoms with E-state index in [0.29, 0.717) is 32.7 Å². The number of nitrogens with one attached hydrogen (secondary N) is 1. The summed E-state index contributed by atoms with van der Waals surface area (Å²) in [7, 11) is -2.99. The van der Waals surface area contributed by atoms with Gasteiger partial charge in [0.05, 0.1) is 30.3 Å². The van der Waals surface area contributed by atoms with Crippen LogP contribution < -0.4 is 5.32 Å². The van der Waals surface area contributed by atoms with Gasteiger partial charge in [0.15, 0.2) is 9.84 Å². The molecule has 0 spiro atoms. The number of amides is 2. The second kappa shape index (κ2) is 4.45. The molecule has 0 unspecified atom stereocenters. The van der Waals surface area contributed by atoms with Crippen LogP contribution >= 0.6 is 0 Å². The monoisotopic (exact) mass is 262 g/mol. The molecule has 2 saturated heterocycles. The summed E-state index contributed by atoms with van der Waals surface area (Å²) < 4.78 is 28.0. The highest BCUT2D eigenvalue weighted by Crippen LogP contribution is 2.23. The summed E-state index contributed by atoms with van der Waals surface area (Å²) in [6.45, 7) is 4.00. The third-order valence-corrected chi connectivity index (χ3v) is 5.11. The van der Waals surface area contributed by atoms with E-state index in [1.165, 1.54) is 0 Å². The van der Waals surface area contributed by atoms with Gasteiger partial charge >= 0.3 is 6.03 Å². The van der Waals surface area contributed by atoms with Crippen LogP contribution in [0.1, 0.15) is 13.3 Å². The van der Waals surface area contributed by atoms with Crippen LogP contribution in [0, 0.1) is 0 Å². The molecule has 0 radical (unpaired) electrons. The fourth-order valence-corrected chi connectivity index (χ4v) is 4.31. The van der Waals surface area contributed by atoms with Gasteiger partial charge in [0.2, 0.25) is 0 Å². The Morgan fingerprint density at radius 3 is 2.53 bits per heavy atom. The molecule has 98 valence electrons. The standard InChI is InChI=1S/C10H18N2O4S/c1-10(2-7-17(14,15)8-10)11-9(13)12-3-5-16-6-4-12/h2-8H2,1H3,(H,11,13)/t10-/m0/s1. The van der Waals surface area contributed by atoms with Gasteiger partial charge in [-0.05, 0) is 13.3 Å². The van der Waals surface area contributed by atoms with Crippen molar-refractivity contribution < 1.29 is 17.9 Å². The van der Waals surface area contributed by atoms with Crippen LogP contribution in [-0.4, -0.2) is 62.7 Å². The van der Waals surface area contributed by atoms with Crippen molar-refractivity contribution in [3.8, 4) is 0 Å². The molecular formula is C10H18N2O4S. The van der Waals surface area contributed by atoms with E-state index < -0.39 is 15.4 Å². The van der Waals surface area contributed by atoms with E-state index >= 15 is 0 Å². The Labute approximate surface area is 101 Å². The van der Waals surface area contributed by atoms with E-state index in [1.54, 1.807) is 11.8 Å². The molecule has 2 aliphatic rings. The Kier molecular flexibility index (Phi) is 3.31. The number of morpholine rings is 1. The molecule has 0 aromatic carbocycles. The van der Waals surface area contributed by atoms with Gasteiger partial charge in [0, 0.05) is 13.1 Å².